The Morgan fingerprint density at radius 3 is 2.95 bits per heavy atom. The van der Waals surface area contributed by atoms with E-state index < -0.39 is 0 Å². The quantitative estimate of drug-likeness (QED) is 0.834. The van der Waals surface area contributed by atoms with Crippen LogP contribution in [0.5, 0.6) is 0 Å². The summed E-state index contributed by atoms with van der Waals surface area (Å²) in [7, 11) is 0. The van der Waals surface area contributed by atoms with Crippen molar-refractivity contribution in [2.45, 2.75) is 32.4 Å². The molecule has 2 rings (SSSR count). The molecular formula is C17H22FNO2. The van der Waals surface area contributed by atoms with Crippen molar-refractivity contribution in [1.29, 1.82) is 0 Å². The summed E-state index contributed by atoms with van der Waals surface area (Å²) in [6.07, 6.45) is 0.922. The Balaban J connectivity index is 2.04. The van der Waals surface area contributed by atoms with Crippen molar-refractivity contribution in [2.24, 2.45) is 5.92 Å². The molecule has 0 spiro atoms. The van der Waals surface area contributed by atoms with Crippen LogP contribution in [0.25, 0.3) is 0 Å². The molecular weight excluding hydrogens is 269 g/mol. The average Bonchev–Trinajstić information content (AvgIpc) is 2.46. The third-order valence-corrected chi connectivity index (χ3v) is 3.84. The number of hydrogen-bond donors (Lipinski definition) is 2. The second kappa shape index (κ2) is 7.56. The number of aliphatic hydroxyl groups is 2. The molecule has 21 heavy (non-hydrogen) atoms. The fourth-order valence-electron chi connectivity index (χ4n) is 2.60. The molecule has 0 bridgehead atoms. The van der Waals surface area contributed by atoms with Gasteiger partial charge in [0.2, 0.25) is 0 Å². The Kier molecular flexibility index (Phi) is 5.75. The van der Waals surface area contributed by atoms with Crippen molar-refractivity contribution in [2.75, 3.05) is 19.7 Å². The third kappa shape index (κ3) is 4.53. The van der Waals surface area contributed by atoms with Crippen molar-refractivity contribution in [3.8, 4) is 11.8 Å². The van der Waals surface area contributed by atoms with Gasteiger partial charge < -0.3 is 10.2 Å². The lowest BCUT2D eigenvalue weighted by molar-refractivity contribution is 0.0320. The summed E-state index contributed by atoms with van der Waals surface area (Å²) < 4.78 is 13.7. The second-order valence-corrected chi connectivity index (χ2v) is 5.66. The molecule has 3 nitrogen and oxygen atoms in total. The molecule has 0 amide bonds. The summed E-state index contributed by atoms with van der Waals surface area (Å²) in [5.74, 6) is 5.45. The van der Waals surface area contributed by atoms with Crippen molar-refractivity contribution in [3.05, 3.63) is 35.1 Å². The van der Waals surface area contributed by atoms with Crippen LogP contribution in [0, 0.1) is 23.6 Å². The molecule has 2 N–H and O–H groups in total. The topological polar surface area (TPSA) is 43.7 Å². The van der Waals surface area contributed by atoms with Gasteiger partial charge in [-0.05, 0) is 30.0 Å². The van der Waals surface area contributed by atoms with Crippen LogP contribution < -0.4 is 0 Å². The van der Waals surface area contributed by atoms with Gasteiger partial charge in [-0.1, -0.05) is 24.8 Å². The Hall–Kier alpha value is -1.41. The molecule has 1 heterocycles. The van der Waals surface area contributed by atoms with E-state index in [1.165, 1.54) is 6.07 Å². The predicted octanol–water partition coefficient (Wildman–Crippen LogP) is 1.76. The fraction of sp³-hybridized carbons (Fsp3) is 0.529. The number of benzene rings is 1. The monoisotopic (exact) mass is 291 g/mol. The molecule has 114 valence electrons. The molecule has 1 aliphatic heterocycles. The Morgan fingerprint density at radius 2 is 2.24 bits per heavy atom. The van der Waals surface area contributed by atoms with E-state index in [2.05, 4.69) is 16.7 Å². The van der Waals surface area contributed by atoms with Crippen LogP contribution in [0.15, 0.2) is 18.2 Å². The molecule has 1 fully saturated rings. The maximum atomic E-state index is 13.7. The summed E-state index contributed by atoms with van der Waals surface area (Å²) in [4.78, 5) is 2.27. The highest BCUT2D eigenvalue weighted by Crippen LogP contribution is 2.19. The summed E-state index contributed by atoms with van der Waals surface area (Å²) in [5.41, 5.74) is 1.40. The molecule has 1 aromatic carbocycles. The van der Waals surface area contributed by atoms with Gasteiger partial charge in [-0.2, -0.15) is 0 Å². The smallest absolute Gasteiger partial charge is 0.138 e. The highest BCUT2D eigenvalue weighted by atomic mass is 19.1. The first-order valence-electron chi connectivity index (χ1n) is 7.38. The Bertz CT molecular complexity index is 535. The van der Waals surface area contributed by atoms with Gasteiger partial charge in [0, 0.05) is 26.1 Å². The molecule has 2 atom stereocenters. The van der Waals surface area contributed by atoms with Crippen molar-refractivity contribution in [3.63, 3.8) is 0 Å². The normalized spacial score (nSPS) is 22.7. The first kappa shape index (κ1) is 16.0. The molecule has 0 radical (unpaired) electrons. The fourth-order valence-corrected chi connectivity index (χ4v) is 2.60. The summed E-state index contributed by atoms with van der Waals surface area (Å²) >= 11 is 0. The largest absolute Gasteiger partial charge is 0.395 e. The van der Waals surface area contributed by atoms with E-state index in [4.69, 9.17) is 5.11 Å². The Morgan fingerprint density at radius 1 is 1.43 bits per heavy atom. The van der Waals surface area contributed by atoms with Crippen LogP contribution in [-0.2, 0) is 6.54 Å². The van der Waals surface area contributed by atoms with E-state index in [1.54, 1.807) is 12.1 Å². The number of piperidine rings is 1. The van der Waals surface area contributed by atoms with Crippen molar-refractivity contribution >= 4 is 0 Å². The molecule has 1 aromatic rings. The number of halogens is 1. The summed E-state index contributed by atoms with van der Waals surface area (Å²) in [6.45, 7) is 4.49. The molecule has 0 aliphatic carbocycles. The first-order chi connectivity index (χ1) is 10.1. The molecule has 1 saturated heterocycles. The minimum absolute atomic E-state index is 0.0116. The predicted molar refractivity (Wildman–Crippen MR) is 80.0 cm³/mol. The third-order valence-electron chi connectivity index (χ3n) is 3.84. The minimum atomic E-state index is -0.327. The number of aliphatic hydroxyl groups excluding tert-OH is 2. The zero-order chi connectivity index (χ0) is 15.2. The van der Waals surface area contributed by atoms with Gasteiger partial charge in [0.15, 0.2) is 0 Å². The van der Waals surface area contributed by atoms with E-state index in [1.807, 2.05) is 6.92 Å². The van der Waals surface area contributed by atoms with Crippen LogP contribution >= 0.6 is 0 Å². The SMILES string of the molecule is CC1CN(Cc2ccc(F)c(C#CCCO)c2)CCC1O. The van der Waals surface area contributed by atoms with Crippen LogP contribution in [0.2, 0.25) is 0 Å². The molecule has 0 saturated carbocycles. The number of hydrogen-bond acceptors (Lipinski definition) is 3. The molecule has 0 aromatic heterocycles. The number of likely N-dealkylation sites (tertiary alicyclic amines) is 1. The van der Waals surface area contributed by atoms with Crippen LogP contribution in [0.1, 0.15) is 30.9 Å². The van der Waals surface area contributed by atoms with E-state index >= 15 is 0 Å². The lowest BCUT2D eigenvalue weighted by Crippen LogP contribution is -2.41. The van der Waals surface area contributed by atoms with Gasteiger partial charge in [0.05, 0.1) is 18.3 Å². The van der Waals surface area contributed by atoms with Gasteiger partial charge in [-0.25, -0.2) is 4.39 Å². The van der Waals surface area contributed by atoms with Crippen LogP contribution in [-0.4, -0.2) is 40.9 Å². The second-order valence-electron chi connectivity index (χ2n) is 5.66. The molecule has 4 heteroatoms. The van der Waals surface area contributed by atoms with Gasteiger partial charge in [0.25, 0.3) is 0 Å². The van der Waals surface area contributed by atoms with Gasteiger partial charge in [0.1, 0.15) is 5.82 Å². The lowest BCUT2D eigenvalue weighted by Gasteiger charge is -2.34. The highest BCUT2D eigenvalue weighted by Gasteiger charge is 2.24. The van der Waals surface area contributed by atoms with Crippen LogP contribution in [0.4, 0.5) is 4.39 Å². The minimum Gasteiger partial charge on any atom is -0.395 e. The van der Waals surface area contributed by atoms with E-state index in [0.29, 0.717) is 12.0 Å². The van der Waals surface area contributed by atoms with Gasteiger partial charge in [-0.3, -0.25) is 4.90 Å². The first-order valence-corrected chi connectivity index (χ1v) is 7.38. The highest BCUT2D eigenvalue weighted by molar-refractivity contribution is 5.38. The van der Waals surface area contributed by atoms with Gasteiger partial charge >= 0.3 is 0 Å². The van der Waals surface area contributed by atoms with E-state index in [-0.39, 0.29) is 24.4 Å². The zero-order valence-electron chi connectivity index (χ0n) is 12.3. The standard InChI is InChI=1S/C17H22FNO2/c1-13-11-19(8-7-17(13)21)12-14-5-6-16(18)15(10-14)4-2-3-9-20/h5-6,10,13,17,20-21H,3,7-9,11-12H2,1H3. The molecule has 1 aliphatic rings. The maximum absolute atomic E-state index is 13.7. The average molecular weight is 291 g/mol. The molecule has 2 unspecified atom stereocenters. The summed E-state index contributed by atoms with van der Waals surface area (Å²) in [6, 6.07) is 5.00. The van der Waals surface area contributed by atoms with E-state index in [0.717, 1.165) is 31.6 Å². The van der Waals surface area contributed by atoms with E-state index in [9.17, 15) is 9.50 Å². The number of rotatable bonds is 3. The van der Waals surface area contributed by atoms with Crippen molar-refractivity contribution in [1.82, 2.24) is 4.90 Å². The van der Waals surface area contributed by atoms with Crippen molar-refractivity contribution < 1.29 is 14.6 Å². The van der Waals surface area contributed by atoms with Crippen LogP contribution in [0.3, 0.4) is 0 Å². The maximum Gasteiger partial charge on any atom is 0.138 e. The zero-order valence-corrected chi connectivity index (χ0v) is 12.3. The summed E-state index contributed by atoms with van der Waals surface area (Å²) in [5, 5.41) is 18.5. The number of nitrogens with zero attached hydrogens (tertiary/aromatic N) is 1. The lowest BCUT2D eigenvalue weighted by atomic mass is 9.96. The Labute approximate surface area is 125 Å². The van der Waals surface area contributed by atoms with Gasteiger partial charge in [-0.15, -0.1) is 0 Å².